The Morgan fingerprint density at radius 3 is 2.64 bits per heavy atom. The molecule has 2 N–H and O–H groups in total. The van der Waals surface area contributed by atoms with Gasteiger partial charge in [0.15, 0.2) is 0 Å². The van der Waals surface area contributed by atoms with E-state index in [0.717, 1.165) is 23.8 Å². The molecule has 1 amide bonds. The number of nitrogens with two attached hydrogens (primary N) is 1. The van der Waals surface area contributed by atoms with Crippen molar-refractivity contribution in [3.8, 4) is 0 Å². The second-order valence-electron chi connectivity index (χ2n) is 6.63. The third-order valence-electron chi connectivity index (χ3n) is 4.60. The van der Waals surface area contributed by atoms with E-state index in [0.29, 0.717) is 37.3 Å². The van der Waals surface area contributed by atoms with Crippen LogP contribution in [0, 0.1) is 11.6 Å². The molecule has 3 rings (SSSR count). The molecule has 0 radical (unpaired) electrons. The molecule has 0 fully saturated rings. The van der Waals surface area contributed by atoms with Crippen LogP contribution in [-0.2, 0) is 9.67 Å². The highest BCUT2D eigenvalue weighted by molar-refractivity contribution is 8.15. The van der Waals surface area contributed by atoms with E-state index >= 15 is 0 Å². The van der Waals surface area contributed by atoms with Crippen LogP contribution >= 0.6 is 11.8 Å². The third kappa shape index (κ3) is 3.95. The van der Waals surface area contributed by atoms with Gasteiger partial charge in [-0.15, -0.1) is 0 Å². The van der Waals surface area contributed by atoms with E-state index in [2.05, 4.69) is 5.10 Å². The van der Waals surface area contributed by atoms with Crippen LogP contribution < -0.4 is 5.73 Å². The standard InChI is InChI=1S/C21H23F2N3OS/c1-2-7-19(27)26-21(12-6-13-24,15-8-4-3-5-9-15)28-20(25-26)17-14-16(22)10-11-18(17)23/h3-5,8-11,14H,2,6-7,12-13,24H2,1H3/t21-/m1/s1. The number of carbonyl (C=O) groups excluding carboxylic acids is 1. The summed E-state index contributed by atoms with van der Waals surface area (Å²) in [6, 6.07) is 12.8. The number of hydrazone groups is 1. The maximum atomic E-state index is 14.4. The van der Waals surface area contributed by atoms with Crippen LogP contribution in [0.2, 0.25) is 0 Å². The van der Waals surface area contributed by atoms with Gasteiger partial charge in [0.25, 0.3) is 0 Å². The largest absolute Gasteiger partial charge is 0.330 e. The monoisotopic (exact) mass is 403 g/mol. The lowest BCUT2D eigenvalue weighted by molar-refractivity contribution is -0.134. The first kappa shape index (κ1) is 20.5. The Balaban J connectivity index is 2.12. The molecule has 4 nitrogen and oxygen atoms in total. The predicted octanol–water partition coefficient (Wildman–Crippen LogP) is 4.59. The van der Waals surface area contributed by atoms with E-state index < -0.39 is 16.5 Å². The molecule has 148 valence electrons. The zero-order chi connectivity index (χ0) is 20.1. The molecule has 0 saturated heterocycles. The summed E-state index contributed by atoms with van der Waals surface area (Å²) in [6.07, 6.45) is 2.20. The molecule has 0 spiro atoms. The number of rotatable bonds is 7. The van der Waals surface area contributed by atoms with Crippen molar-refractivity contribution >= 4 is 22.7 Å². The molecule has 1 aliphatic rings. The van der Waals surface area contributed by atoms with Gasteiger partial charge < -0.3 is 5.73 Å². The Bertz CT molecular complexity index is 875. The average Bonchev–Trinajstić information content (AvgIpc) is 3.10. The summed E-state index contributed by atoms with van der Waals surface area (Å²) in [4.78, 5) is 12.1. The van der Waals surface area contributed by atoms with Crippen molar-refractivity contribution in [3.63, 3.8) is 0 Å². The topological polar surface area (TPSA) is 58.7 Å². The molecule has 0 bridgehead atoms. The number of hydrogen-bond donors (Lipinski definition) is 1. The fraction of sp³-hybridized carbons (Fsp3) is 0.333. The molecule has 0 unspecified atom stereocenters. The Hall–Kier alpha value is -2.25. The second kappa shape index (κ2) is 8.84. The van der Waals surface area contributed by atoms with Crippen LogP contribution in [0.4, 0.5) is 8.78 Å². The van der Waals surface area contributed by atoms with Crippen molar-refractivity contribution < 1.29 is 13.6 Å². The van der Waals surface area contributed by atoms with Gasteiger partial charge in [-0.25, -0.2) is 13.8 Å². The van der Waals surface area contributed by atoms with Gasteiger partial charge in [0, 0.05) is 12.0 Å². The van der Waals surface area contributed by atoms with E-state index in [1.54, 1.807) is 0 Å². The van der Waals surface area contributed by atoms with Gasteiger partial charge in [0.2, 0.25) is 5.91 Å². The smallest absolute Gasteiger partial charge is 0.244 e. The first-order valence-electron chi connectivity index (χ1n) is 9.33. The van der Waals surface area contributed by atoms with Gasteiger partial charge in [-0.3, -0.25) is 4.79 Å². The highest BCUT2D eigenvalue weighted by atomic mass is 32.2. The fourth-order valence-electron chi connectivity index (χ4n) is 3.27. The van der Waals surface area contributed by atoms with Crippen molar-refractivity contribution in [2.45, 2.75) is 37.5 Å². The number of amides is 1. The van der Waals surface area contributed by atoms with Gasteiger partial charge in [0.1, 0.15) is 21.5 Å². The Labute approximate surface area is 167 Å². The van der Waals surface area contributed by atoms with E-state index in [1.165, 1.54) is 16.8 Å². The lowest BCUT2D eigenvalue weighted by atomic mass is 10.00. The minimum absolute atomic E-state index is 0.0600. The third-order valence-corrected chi connectivity index (χ3v) is 6.05. The van der Waals surface area contributed by atoms with Crippen LogP contribution in [0.3, 0.4) is 0 Å². The average molecular weight is 403 g/mol. The molecule has 7 heteroatoms. The minimum atomic E-state index is -0.832. The summed E-state index contributed by atoms with van der Waals surface area (Å²) in [7, 11) is 0. The van der Waals surface area contributed by atoms with Crippen LogP contribution in [0.15, 0.2) is 53.6 Å². The first-order chi connectivity index (χ1) is 13.5. The molecule has 0 aromatic heterocycles. The zero-order valence-electron chi connectivity index (χ0n) is 15.7. The van der Waals surface area contributed by atoms with Crippen LogP contribution in [0.1, 0.15) is 43.7 Å². The Morgan fingerprint density at radius 2 is 1.96 bits per heavy atom. The lowest BCUT2D eigenvalue weighted by Crippen LogP contribution is -2.41. The number of nitrogens with zero attached hydrogens (tertiary/aromatic N) is 2. The maximum Gasteiger partial charge on any atom is 0.244 e. The van der Waals surface area contributed by atoms with Gasteiger partial charge in [-0.1, -0.05) is 49.0 Å². The number of thioether (sulfide) groups is 1. The van der Waals surface area contributed by atoms with Crippen molar-refractivity contribution in [1.82, 2.24) is 5.01 Å². The molecular weight excluding hydrogens is 380 g/mol. The second-order valence-corrected chi connectivity index (χ2v) is 7.90. The SMILES string of the molecule is CCCC(=O)N1N=C(c2cc(F)ccc2F)S[C@]1(CCCN)c1ccccc1. The molecule has 1 atom stereocenters. The van der Waals surface area contributed by atoms with E-state index in [-0.39, 0.29) is 11.5 Å². The number of halogens is 2. The van der Waals surface area contributed by atoms with E-state index in [4.69, 9.17) is 5.73 Å². The summed E-state index contributed by atoms with van der Waals surface area (Å²) < 4.78 is 28.2. The molecule has 28 heavy (non-hydrogen) atoms. The lowest BCUT2D eigenvalue weighted by Gasteiger charge is -2.36. The molecule has 0 saturated carbocycles. The first-order valence-corrected chi connectivity index (χ1v) is 10.1. The predicted molar refractivity (Wildman–Crippen MR) is 109 cm³/mol. The van der Waals surface area contributed by atoms with Gasteiger partial charge >= 0.3 is 0 Å². The fourth-order valence-corrected chi connectivity index (χ4v) is 4.70. The highest BCUT2D eigenvalue weighted by Crippen LogP contribution is 2.50. The number of benzene rings is 2. The summed E-state index contributed by atoms with van der Waals surface area (Å²) >= 11 is 1.28. The molecule has 1 aliphatic heterocycles. The molecule has 1 heterocycles. The van der Waals surface area contributed by atoms with Gasteiger partial charge in [-0.2, -0.15) is 5.10 Å². The Kier molecular flexibility index (Phi) is 6.46. The summed E-state index contributed by atoms with van der Waals surface area (Å²) in [5.41, 5.74) is 6.70. The van der Waals surface area contributed by atoms with Crippen molar-refractivity contribution in [2.24, 2.45) is 10.8 Å². The van der Waals surface area contributed by atoms with Crippen molar-refractivity contribution in [2.75, 3.05) is 6.54 Å². The van der Waals surface area contributed by atoms with Crippen LogP contribution in [0.5, 0.6) is 0 Å². The zero-order valence-corrected chi connectivity index (χ0v) is 16.5. The van der Waals surface area contributed by atoms with Crippen molar-refractivity contribution in [1.29, 1.82) is 0 Å². The normalized spacial score (nSPS) is 19.0. The van der Waals surface area contributed by atoms with E-state index in [9.17, 15) is 13.6 Å². The molecular formula is C21H23F2N3OS. The van der Waals surface area contributed by atoms with Crippen molar-refractivity contribution in [3.05, 3.63) is 71.3 Å². The summed E-state index contributed by atoms with van der Waals surface area (Å²) in [5, 5.41) is 6.22. The molecule has 2 aromatic rings. The summed E-state index contributed by atoms with van der Waals surface area (Å²) in [6.45, 7) is 2.37. The van der Waals surface area contributed by atoms with Gasteiger partial charge in [-0.05, 0) is 49.6 Å². The summed E-state index contributed by atoms with van der Waals surface area (Å²) in [5.74, 6) is -1.27. The van der Waals surface area contributed by atoms with E-state index in [1.807, 2.05) is 37.3 Å². The van der Waals surface area contributed by atoms with Crippen LogP contribution in [-0.4, -0.2) is 22.5 Å². The number of carbonyl (C=O) groups is 1. The number of hydrogen-bond acceptors (Lipinski definition) is 4. The quantitative estimate of drug-likeness (QED) is 0.735. The minimum Gasteiger partial charge on any atom is -0.330 e. The van der Waals surface area contributed by atoms with Gasteiger partial charge in [0.05, 0.1) is 0 Å². The Morgan fingerprint density at radius 1 is 1.21 bits per heavy atom. The van der Waals surface area contributed by atoms with Crippen LogP contribution in [0.25, 0.3) is 0 Å². The highest BCUT2D eigenvalue weighted by Gasteiger charge is 2.48. The maximum absolute atomic E-state index is 14.4. The molecule has 0 aliphatic carbocycles. The molecule has 2 aromatic carbocycles.